The highest BCUT2D eigenvalue weighted by Gasteiger charge is 2.13. The molecular weight excluding hydrogens is 334 g/mol. The monoisotopic (exact) mass is 351 g/mol. The fourth-order valence-electron chi connectivity index (χ4n) is 2.72. The predicted molar refractivity (Wildman–Crippen MR) is 98.7 cm³/mol. The molecule has 0 aliphatic heterocycles. The summed E-state index contributed by atoms with van der Waals surface area (Å²) in [4.78, 5) is 9.30. The molecular formula is C18H17N5OS. The minimum atomic E-state index is -0.00934. The van der Waals surface area contributed by atoms with E-state index in [1.807, 2.05) is 40.9 Å². The van der Waals surface area contributed by atoms with Crippen LogP contribution in [0.25, 0.3) is 16.2 Å². The summed E-state index contributed by atoms with van der Waals surface area (Å²) in [5, 5.41) is 18.4. The first kappa shape index (κ1) is 15.7. The Kier molecular flexibility index (Phi) is 4.41. The Morgan fingerprint density at radius 1 is 1.12 bits per heavy atom. The standard InChI is InChI=1S/C18H17N5OS/c24-12-14-3-1-2-4-15(14)16-11-21-18-23(16)22-17(25-18)20-10-7-13-5-8-19-9-6-13/h1-6,8-9,11,24H,7,10,12H2,(H,20,22). The summed E-state index contributed by atoms with van der Waals surface area (Å²) in [6.45, 7) is 0.786. The molecule has 0 fully saturated rings. The first-order chi connectivity index (χ1) is 12.3. The highest BCUT2D eigenvalue weighted by Crippen LogP contribution is 2.28. The van der Waals surface area contributed by atoms with Gasteiger partial charge >= 0.3 is 0 Å². The lowest BCUT2D eigenvalue weighted by molar-refractivity contribution is 0.282. The second-order valence-corrected chi connectivity index (χ2v) is 6.55. The van der Waals surface area contributed by atoms with Crippen molar-refractivity contribution >= 4 is 21.4 Å². The maximum atomic E-state index is 9.55. The first-order valence-electron chi connectivity index (χ1n) is 8.01. The van der Waals surface area contributed by atoms with Gasteiger partial charge < -0.3 is 10.4 Å². The van der Waals surface area contributed by atoms with Crippen LogP contribution in [-0.2, 0) is 13.0 Å². The van der Waals surface area contributed by atoms with Crippen LogP contribution in [0.2, 0.25) is 0 Å². The van der Waals surface area contributed by atoms with Crippen LogP contribution in [0.4, 0.5) is 5.13 Å². The van der Waals surface area contributed by atoms with Gasteiger partial charge in [0.1, 0.15) is 0 Å². The normalized spacial score (nSPS) is 11.1. The number of hydrogen-bond acceptors (Lipinski definition) is 6. The molecule has 0 saturated carbocycles. The number of fused-ring (bicyclic) bond motifs is 1. The third-order valence-electron chi connectivity index (χ3n) is 3.99. The van der Waals surface area contributed by atoms with E-state index in [4.69, 9.17) is 0 Å². The van der Waals surface area contributed by atoms with Gasteiger partial charge in [-0.05, 0) is 29.7 Å². The molecule has 2 N–H and O–H groups in total. The van der Waals surface area contributed by atoms with Crippen LogP contribution < -0.4 is 5.32 Å². The second kappa shape index (κ2) is 7.00. The van der Waals surface area contributed by atoms with Crippen molar-refractivity contribution < 1.29 is 5.11 Å². The number of nitrogens with one attached hydrogen (secondary N) is 1. The summed E-state index contributed by atoms with van der Waals surface area (Å²) >= 11 is 1.52. The highest BCUT2D eigenvalue weighted by molar-refractivity contribution is 7.20. The van der Waals surface area contributed by atoms with Crippen molar-refractivity contribution in [1.82, 2.24) is 19.6 Å². The van der Waals surface area contributed by atoms with Crippen molar-refractivity contribution in [2.75, 3.05) is 11.9 Å². The number of hydrogen-bond donors (Lipinski definition) is 2. The Labute approximate surface area is 148 Å². The molecule has 0 radical (unpaired) electrons. The van der Waals surface area contributed by atoms with Gasteiger partial charge in [-0.15, -0.1) is 5.10 Å². The number of nitrogens with zero attached hydrogens (tertiary/aromatic N) is 4. The average Bonchev–Trinajstić information content (AvgIpc) is 3.23. The predicted octanol–water partition coefficient (Wildman–Crippen LogP) is 3.00. The number of pyridine rings is 1. The first-order valence-corrected chi connectivity index (χ1v) is 8.83. The van der Waals surface area contributed by atoms with Gasteiger partial charge in [-0.2, -0.15) is 0 Å². The Morgan fingerprint density at radius 2 is 1.96 bits per heavy atom. The summed E-state index contributed by atoms with van der Waals surface area (Å²) < 4.78 is 1.83. The molecule has 0 amide bonds. The largest absolute Gasteiger partial charge is 0.392 e. The maximum absolute atomic E-state index is 9.55. The van der Waals surface area contributed by atoms with E-state index in [0.29, 0.717) is 0 Å². The molecule has 0 saturated heterocycles. The molecule has 0 spiro atoms. The van der Waals surface area contributed by atoms with E-state index in [1.54, 1.807) is 18.6 Å². The fraction of sp³-hybridized carbons (Fsp3) is 0.167. The molecule has 0 unspecified atom stereocenters. The summed E-state index contributed by atoms with van der Waals surface area (Å²) in [5.41, 5.74) is 3.94. The van der Waals surface area contributed by atoms with Crippen LogP contribution in [0.15, 0.2) is 55.0 Å². The molecule has 7 heteroatoms. The molecule has 0 bridgehead atoms. The zero-order chi connectivity index (χ0) is 17.1. The van der Waals surface area contributed by atoms with Crippen LogP contribution in [0, 0.1) is 0 Å². The van der Waals surface area contributed by atoms with Crippen LogP contribution in [-0.4, -0.2) is 31.2 Å². The molecule has 0 atom stereocenters. The minimum Gasteiger partial charge on any atom is -0.392 e. The van der Waals surface area contributed by atoms with Crippen LogP contribution in [0.3, 0.4) is 0 Å². The molecule has 126 valence electrons. The van der Waals surface area contributed by atoms with Crippen LogP contribution in [0.5, 0.6) is 0 Å². The van der Waals surface area contributed by atoms with Gasteiger partial charge in [-0.1, -0.05) is 35.6 Å². The van der Waals surface area contributed by atoms with E-state index in [-0.39, 0.29) is 6.61 Å². The molecule has 0 aliphatic rings. The third kappa shape index (κ3) is 3.24. The lowest BCUT2D eigenvalue weighted by Crippen LogP contribution is -2.05. The van der Waals surface area contributed by atoms with Crippen molar-refractivity contribution in [3.05, 3.63) is 66.1 Å². The van der Waals surface area contributed by atoms with Crippen molar-refractivity contribution in [3.8, 4) is 11.3 Å². The van der Waals surface area contributed by atoms with Crippen molar-refractivity contribution in [1.29, 1.82) is 0 Å². The van der Waals surface area contributed by atoms with E-state index in [9.17, 15) is 5.11 Å². The van der Waals surface area contributed by atoms with Gasteiger partial charge in [0, 0.05) is 24.5 Å². The molecule has 0 aliphatic carbocycles. The van der Waals surface area contributed by atoms with Crippen LogP contribution in [0.1, 0.15) is 11.1 Å². The molecule has 6 nitrogen and oxygen atoms in total. The number of benzene rings is 1. The zero-order valence-electron chi connectivity index (χ0n) is 13.5. The fourth-order valence-corrected chi connectivity index (χ4v) is 3.52. The molecule has 3 aromatic heterocycles. The maximum Gasteiger partial charge on any atom is 0.214 e. The lowest BCUT2D eigenvalue weighted by Gasteiger charge is -2.05. The second-order valence-electron chi connectivity index (χ2n) is 5.59. The average molecular weight is 351 g/mol. The Hall–Kier alpha value is -2.77. The number of aromatic nitrogens is 4. The molecule has 4 rings (SSSR count). The Bertz CT molecular complexity index is 979. The number of imidazole rings is 1. The van der Waals surface area contributed by atoms with Gasteiger partial charge in [-0.25, -0.2) is 9.50 Å². The Balaban J connectivity index is 1.54. The van der Waals surface area contributed by atoms with Crippen molar-refractivity contribution in [2.24, 2.45) is 0 Å². The van der Waals surface area contributed by atoms with E-state index in [2.05, 4.69) is 20.4 Å². The van der Waals surface area contributed by atoms with E-state index < -0.39 is 0 Å². The number of aliphatic hydroxyl groups is 1. The highest BCUT2D eigenvalue weighted by atomic mass is 32.1. The summed E-state index contributed by atoms with van der Waals surface area (Å²) in [6.07, 6.45) is 6.31. The molecule has 4 aromatic rings. The lowest BCUT2D eigenvalue weighted by atomic mass is 10.1. The molecule has 3 heterocycles. The van der Waals surface area contributed by atoms with E-state index in [1.165, 1.54) is 16.9 Å². The number of anilines is 1. The minimum absolute atomic E-state index is 0.00934. The zero-order valence-corrected chi connectivity index (χ0v) is 14.3. The number of rotatable bonds is 6. The number of aliphatic hydroxyl groups excluding tert-OH is 1. The smallest absolute Gasteiger partial charge is 0.214 e. The van der Waals surface area contributed by atoms with Gasteiger partial charge in [0.15, 0.2) is 0 Å². The summed E-state index contributed by atoms with van der Waals surface area (Å²) in [5.74, 6) is 0. The van der Waals surface area contributed by atoms with Gasteiger partial charge in [0.2, 0.25) is 10.1 Å². The summed E-state index contributed by atoms with van der Waals surface area (Å²) in [7, 11) is 0. The van der Waals surface area contributed by atoms with Gasteiger partial charge in [0.05, 0.1) is 18.5 Å². The van der Waals surface area contributed by atoms with E-state index >= 15 is 0 Å². The van der Waals surface area contributed by atoms with E-state index in [0.717, 1.165) is 39.9 Å². The van der Waals surface area contributed by atoms with Crippen molar-refractivity contribution in [2.45, 2.75) is 13.0 Å². The topological polar surface area (TPSA) is 75.3 Å². The van der Waals surface area contributed by atoms with Gasteiger partial charge in [-0.3, -0.25) is 4.98 Å². The third-order valence-corrected chi connectivity index (χ3v) is 4.87. The molecule has 1 aromatic carbocycles. The quantitative estimate of drug-likeness (QED) is 0.558. The van der Waals surface area contributed by atoms with Gasteiger partial charge in [0.25, 0.3) is 0 Å². The van der Waals surface area contributed by atoms with Crippen molar-refractivity contribution in [3.63, 3.8) is 0 Å². The Morgan fingerprint density at radius 3 is 2.80 bits per heavy atom. The van der Waals surface area contributed by atoms with Crippen LogP contribution >= 0.6 is 11.3 Å². The summed E-state index contributed by atoms with van der Waals surface area (Å²) in [6, 6.07) is 11.8. The SMILES string of the molecule is OCc1ccccc1-c1cnc2sc(NCCc3ccncc3)nn12. The molecule has 25 heavy (non-hydrogen) atoms.